The van der Waals surface area contributed by atoms with Gasteiger partial charge in [-0.1, -0.05) is 0 Å². The molecular weight excluding hydrogens is 172 g/mol. The molecule has 0 heterocycles. The van der Waals surface area contributed by atoms with Gasteiger partial charge in [0.05, 0.1) is 5.84 Å². The van der Waals surface area contributed by atoms with Gasteiger partial charge in [-0.2, -0.15) is 0 Å². The topological polar surface area (TPSA) is 49.9 Å². The molecule has 2 nitrogen and oxygen atoms in total. The molecule has 78 valence electrons. The van der Waals surface area contributed by atoms with Crippen molar-refractivity contribution >= 4 is 5.84 Å². The van der Waals surface area contributed by atoms with Crippen molar-refractivity contribution in [2.24, 2.45) is 28.9 Å². The minimum atomic E-state index is 0.423. The molecule has 0 aromatic carbocycles. The van der Waals surface area contributed by atoms with Gasteiger partial charge in [0, 0.05) is 6.42 Å². The molecule has 4 aliphatic carbocycles. The second-order valence-corrected chi connectivity index (χ2v) is 6.12. The Bertz CT molecular complexity index is 234. The van der Waals surface area contributed by atoms with Gasteiger partial charge in [-0.15, -0.1) is 0 Å². The smallest absolute Gasteiger partial charge is 0.0910 e. The van der Waals surface area contributed by atoms with Crippen LogP contribution in [0.25, 0.3) is 0 Å². The highest BCUT2D eigenvalue weighted by molar-refractivity contribution is 5.77. The minimum absolute atomic E-state index is 0.423. The average molecular weight is 192 g/mol. The van der Waals surface area contributed by atoms with Gasteiger partial charge < -0.3 is 5.73 Å². The highest BCUT2D eigenvalue weighted by Gasteiger charge is 2.50. The summed E-state index contributed by atoms with van der Waals surface area (Å²) in [5, 5.41) is 7.51. The van der Waals surface area contributed by atoms with Crippen LogP contribution in [0.3, 0.4) is 0 Å². The Morgan fingerprint density at radius 2 is 1.50 bits per heavy atom. The van der Waals surface area contributed by atoms with E-state index < -0.39 is 0 Å². The van der Waals surface area contributed by atoms with Gasteiger partial charge in [-0.05, 0) is 61.7 Å². The molecule has 0 radical (unpaired) electrons. The summed E-state index contributed by atoms with van der Waals surface area (Å²) in [6.07, 6.45) is 9.46. The van der Waals surface area contributed by atoms with Gasteiger partial charge in [0.25, 0.3) is 0 Å². The number of hydrogen-bond acceptors (Lipinski definition) is 1. The zero-order valence-corrected chi connectivity index (χ0v) is 8.76. The molecule has 4 aliphatic rings. The van der Waals surface area contributed by atoms with E-state index >= 15 is 0 Å². The van der Waals surface area contributed by atoms with Crippen LogP contribution in [0.4, 0.5) is 0 Å². The number of amidine groups is 1. The van der Waals surface area contributed by atoms with E-state index in [9.17, 15) is 0 Å². The Morgan fingerprint density at radius 1 is 1.07 bits per heavy atom. The molecule has 4 saturated carbocycles. The van der Waals surface area contributed by atoms with Crippen LogP contribution in [0.1, 0.15) is 44.9 Å². The quantitative estimate of drug-likeness (QED) is 0.512. The maximum absolute atomic E-state index is 7.51. The fourth-order valence-corrected chi connectivity index (χ4v) is 4.91. The van der Waals surface area contributed by atoms with Crippen LogP contribution in [-0.2, 0) is 0 Å². The summed E-state index contributed by atoms with van der Waals surface area (Å²) < 4.78 is 0. The maximum atomic E-state index is 7.51. The van der Waals surface area contributed by atoms with Crippen LogP contribution in [0.2, 0.25) is 0 Å². The summed E-state index contributed by atoms with van der Waals surface area (Å²) in [6, 6.07) is 0. The first-order valence-electron chi connectivity index (χ1n) is 5.98. The molecule has 3 N–H and O–H groups in total. The number of nitrogens with two attached hydrogens (primary N) is 1. The fourth-order valence-electron chi connectivity index (χ4n) is 4.91. The summed E-state index contributed by atoms with van der Waals surface area (Å²) in [5.41, 5.74) is 6.07. The lowest BCUT2D eigenvalue weighted by atomic mass is 9.49. The van der Waals surface area contributed by atoms with Crippen molar-refractivity contribution in [3.63, 3.8) is 0 Å². The zero-order valence-electron chi connectivity index (χ0n) is 8.76. The number of hydrogen-bond donors (Lipinski definition) is 2. The molecule has 4 fully saturated rings. The largest absolute Gasteiger partial charge is 0.388 e. The summed E-state index contributed by atoms with van der Waals surface area (Å²) in [4.78, 5) is 0. The maximum Gasteiger partial charge on any atom is 0.0910 e. The van der Waals surface area contributed by atoms with Gasteiger partial charge in [-0.3, -0.25) is 5.41 Å². The molecule has 0 aliphatic heterocycles. The Kier molecular flexibility index (Phi) is 1.71. The van der Waals surface area contributed by atoms with Crippen LogP contribution in [-0.4, -0.2) is 5.84 Å². The van der Waals surface area contributed by atoms with Gasteiger partial charge in [0.1, 0.15) is 0 Å². The predicted octanol–water partition coefficient (Wildman–Crippen LogP) is 2.53. The third-order valence-corrected chi connectivity index (χ3v) is 4.73. The number of rotatable bonds is 2. The van der Waals surface area contributed by atoms with Gasteiger partial charge in [0.2, 0.25) is 0 Å². The van der Waals surface area contributed by atoms with E-state index in [0.717, 1.165) is 24.2 Å². The van der Waals surface area contributed by atoms with E-state index in [1.807, 2.05) is 0 Å². The van der Waals surface area contributed by atoms with E-state index in [2.05, 4.69) is 0 Å². The molecule has 0 atom stereocenters. The SMILES string of the molecule is N=C(N)CC12CC3CC(CC(C3)C1)C2. The molecule has 0 spiro atoms. The van der Waals surface area contributed by atoms with Crippen molar-refractivity contribution in [2.75, 3.05) is 0 Å². The van der Waals surface area contributed by atoms with Crippen molar-refractivity contribution in [1.29, 1.82) is 5.41 Å². The lowest BCUT2D eigenvalue weighted by Gasteiger charge is -2.56. The zero-order chi connectivity index (χ0) is 9.76. The van der Waals surface area contributed by atoms with E-state index in [1.54, 1.807) is 0 Å². The van der Waals surface area contributed by atoms with Crippen LogP contribution in [0.15, 0.2) is 0 Å². The monoisotopic (exact) mass is 192 g/mol. The van der Waals surface area contributed by atoms with Crippen molar-refractivity contribution in [2.45, 2.75) is 44.9 Å². The molecule has 0 saturated heterocycles. The Morgan fingerprint density at radius 3 is 1.86 bits per heavy atom. The number of nitrogens with one attached hydrogen (secondary N) is 1. The van der Waals surface area contributed by atoms with Gasteiger partial charge >= 0.3 is 0 Å². The second kappa shape index (κ2) is 2.74. The standard InChI is InChI=1S/C12H20N2/c13-11(14)7-12-4-8-1-9(5-12)3-10(2-8)6-12/h8-10H,1-7H2,(H3,13,14). The van der Waals surface area contributed by atoms with Gasteiger partial charge in [0.15, 0.2) is 0 Å². The first-order valence-corrected chi connectivity index (χ1v) is 5.98. The lowest BCUT2D eigenvalue weighted by Crippen LogP contribution is -2.47. The van der Waals surface area contributed by atoms with E-state index in [-0.39, 0.29) is 0 Å². The van der Waals surface area contributed by atoms with Crippen LogP contribution in [0.5, 0.6) is 0 Å². The van der Waals surface area contributed by atoms with Crippen molar-refractivity contribution in [3.8, 4) is 0 Å². The second-order valence-electron chi connectivity index (χ2n) is 6.12. The van der Waals surface area contributed by atoms with E-state index in [1.165, 1.54) is 38.5 Å². The summed E-state index contributed by atoms with van der Waals surface area (Å²) in [6.45, 7) is 0. The third-order valence-electron chi connectivity index (χ3n) is 4.73. The van der Waals surface area contributed by atoms with E-state index in [4.69, 9.17) is 11.1 Å². The summed E-state index contributed by atoms with van der Waals surface area (Å²) in [5.74, 6) is 3.38. The molecule has 0 aromatic heterocycles. The Hall–Kier alpha value is -0.530. The lowest BCUT2D eigenvalue weighted by molar-refractivity contribution is -0.0483. The normalized spacial score (nSPS) is 49.6. The minimum Gasteiger partial charge on any atom is -0.388 e. The molecule has 0 unspecified atom stereocenters. The molecule has 14 heavy (non-hydrogen) atoms. The first kappa shape index (κ1) is 8.75. The van der Waals surface area contributed by atoms with Crippen LogP contribution < -0.4 is 5.73 Å². The summed E-state index contributed by atoms with van der Waals surface area (Å²) in [7, 11) is 0. The van der Waals surface area contributed by atoms with Crippen LogP contribution >= 0.6 is 0 Å². The van der Waals surface area contributed by atoms with Crippen LogP contribution in [0, 0.1) is 28.6 Å². The molecular formula is C12H20N2. The van der Waals surface area contributed by atoms with Gasteiger partial charge in [-0.25, -0.2) is 0 Å². The van der Waals surface area contributed by atoms with Crippen molar-refractivity contribution in [3.05, 3.63) is 0 Å². The highest BCUT2D eigenvalue weighted by atomic mass is 14.7. The molecule has 0 aromatic rings. The molecule has 2 heteroatoms. The highest BCUT2D eigenvalue weighted by Crippen LogP contribution is 2.61. The predicted molar refractivity (Wildman–Crippen MR) is 57.1 cm³/mol. The molecule has 4 bridgehead atoms. The average Bonchev–Trinajstić information content (AvgIpc) is 1.96. The van der Waals surface area contributed by atoms with Crippen molar-refractivity contribution in [1.82, 2.24) is 0 Å². The molecule has 4 rings (SSSR count). The first-order chi connectivity index (χ1) is 6.65. The Labute approximate surface area is 85.8 Å². The van der Waals surface area contributed by atoms with Crippen molar-refractivity contribution < 1.29 is 0 Å². The summed E-state index contributed by atoms with van der Waals surface area (Å²) >= 11 is 0. The van der Waals surface area contributed by atoms with E-state index in [0.29, 0.717) is 11.3 Å². The molecule has 0 amide bonds. The fraction of sp³-hybridized carbons (Fsp3) is 0.917. The third kappa shape index (κ3) is 1.27. The Balaban J connectivity index is 1.83.